The molecule has 90 valence electrons. The van der Waals surface area contributed by atoms with E-state index in [0.717, 1.165) is 5.69 Å². The number of rotatable bonds is 5. The van der Waals surface area contributed by atoms with Crippen LogP contribution < -0.4 is 5.32 Å². The standard InChI is InChI=1S/C13H15ClN2S/c1-3-9-16(10-4-2)13(17)15-12-8-6-5-7-11(12)14/h3-8H,1-2,9-10H2,(H,15,17). The van der Waals surface area contributed by atoms with Crippen molar-refractivity contribution < 1.29 is 0 Å². The van der Waals surface area contributed by atoms with Crippen molar-refractivity contribution in [1.29, 1.82) is 0 Å². The van der Waals surface area contributed by atoms with E-state index in [-0.39, 0.29) is 0 Å². The molecule has 0 aliphatic carbocycles. The molecule has 0 aromatic heterocycles. The molecular formula is C13H15ClN2S. The Hall–Kier alpha value is -1.32. The zero-order valence-electron chi connectivity index (χ0n) is 9.53. The lowest BCUT2D eigenvalue weighted by atomic mass is 10.3. The molecule has 0 saturated carbocycles. The molecule has 0 radical (unpaired) electrons. The Morgan fingerprint density at radius 1 is 1.29 bits per heavy atom. The summed E-state index contributed by atoms with van der Waals surface area (Å²) in [6.45, 7) is 8.74. The lowest BCUT2D eigenvalue weighted by Crippen LogP contribution is -2.35. The van der Waals surface area contributed by atoms with Crippen molar-refractivity contribution in [2.45, 2.75) is 0 Å². The number of hydrogen-bond donors (Lipinski definition) is 1. The molecule has 0 amide bonds. The first-order chi connectivity index (χ1) is 8.19. The second kappa shape index (κ2) is 7.09. The van der Waals surface area contributed by atoms with Gasteiger partial charge in [0.2, 0.25) is 0 Å². The van der Waals surface area contributed by atoms with Crippen LogP contribution in [0.25, 0.3) is 0 Å². The van der Waals surface area contributed by atoms with E-state index in [4.69, 9.17) is 23.8 Å². The Balaban J connectivity index is 2.72. The molecule has 0 bridgehead atoms. The third kappa shape index (κ3) is 4.21. The minimum Gasteiger partial charge on any atom is -0.342 e. The van der Waals surface area contributed by atoms with Crippen LogP contribution in [0.3, 0.4) is 0 Å². The van der Waals surface area contributed by atoms with Crippen LogP contribution in [0.15, 0.2) is 49.6 Å². The van der Waals surface area contributed by atoms with Crippen LogP contribution in [-0.2, 0) is 0 Å². The minimum absolute atomic E-state index is 0.609. The average molecular weight is 267 g/mol. The van der Waals surface area contributed by atoms with Crippen molar-refractivity contribution in [3.63, 3.8) is 0 Å². The largest absolute Gasteiger partial charge is 0.342 e. The van der Waals surface area contributed by atoms with Gasteiger partial charge in [-0.3, -0.25) is 0 Å². The second-order valence-corrected chi connectivity index (χ2v) is 4.19. The molecule has 0 heterocycles. The molecule has 1 aromatic rings. The maximum atomic E-state index is 6.05. The van der Waals surface area contributed by atoms with Gasteiger partial charge in [0.05, 0.1) is 10.7 Å². The highest BCUT2D eigenvalue weighted by atomic mass is 35.5. The van der Waals surface area contributed by atoms with Gasteiger partial charge in [0.15, 0.2) is 5.11 Å². The third-order valence-corrected chi connectivity index (χ3v) is 2.79. The van der Waals surface area contributed by atoms with Crippen LogP contribution in [0, 0.1) is 0 Å². The first kappa shape index (κ1) is 13.7. The van der Waals surface area contributed by atoms with Crippen LogP contribution in [-0.4, -0.2) is 23.1 Å². The summed E-state index contributed by atoms with van der Waals surface area (Å²) in [6.07, 6.45) is 3.59. The summed E-state index contributed by atoms with van der Waals surface area (Å²) in [7, 11) is 0. The fourth-order valence-corrected chi connectivity index (χ4v) is 1.75. The van der Waals surface area contributed by atoms with E-state index in [1.165, 1.54) is 0 Å². The summed E-state index contributed by atoms with van der Waals surface area (Å²) < 4.78 is 0. The SMILES string of the molecule is C=CCN(CC=C)C(=S)Nc1ccccc1Cl. The Kier molecular flexibility index (Phi) is 5.73. The number of para-hydroxylation sites is 1. The molecule has 0 saturated heterocycles. The molecule has 0 aliphatic heterocycles. The van der Waals surface area contributed by atoms with Crippen molar-refractivity contribution >= 4 is 34.6 Å². The van der Waals surface area contributed by atoms with E-state index in [1.807, 2.05) is 29.2 Å². The van der Waals surface area contributed by atoms with Gasteiger partial charge in [-0.05, 0) is 24.4 Å². The molecule has 1 rings (SSSR count). The van der Waals surface area contributed by atoms with Crippen LogP contribution in [0.5, 0.6) is 0 Å². The number of thiocarbonyl (C=S) groups is 1. The lowest BCUT2D eigenvalue weighted by Gasteiger charge is -2.23. The maximum Gasteiger partial charge on any atom is 0.174 e. The first-order valence-electron chi connectivity index (χ1n) is 5.21. The summed E-state index contributed by atoms with van der Waals surface area (Å²) in [5.41, 5.74) is 0.803. The number of nitrogens with zero attached hydrogens (tertiary/aromatic N) is 1. The highest BCUT2D eigenvalue weighted by Gasteiger charge is 2.07. The van der Waals surface area contributed by atoms with Crippen molar-refractivity contribution in [3.8, 4) is 0 Å². The van der Waals surface area contributed by atoms with E-state index in [2.05, 4.69) is 18.5 Å². The molecule has 0 spiro atoms. The Morgan fingerprint density at radius 2 is 1.88 bits per heavy atom. The van der Waals surface area contributed by atoms with E-state index in [0.29, 0.717) is 23.2 Å². The van der Waals surface area contributed by atoms with Crippen LogP contribution >= 0.6 is 23.8 Å². The zero-order valence-corrected chi connectivity index (χ0v) is 11.1. The molecule has 1 aromatic carbocycles. The molecule has 4 heteroatoms. The van der Waals surface area contributed by atoms with E-state index in [1.54, 1.807) is 12.2 Å². The maximum absolute atomic E-state index is 6.05. The lowest BCUT2D eigenvalue weighted by molar-refractivity contribution is 0.522. The molecular weight excluding hydrogens is 252 g/mol. The third-order valence-electron chi connectivity index (χ3n) is 2.10. The van der Waals surface area contributed by atoms with E-state index >= 15 is 0 Å². The van der Waals surface area contributed by atoms with Crippen molar-refractivity contribution in [1.82, 2.24) is 4.90 Å². The fraction of sp³-hybridized carbons (Fsp3) is 0.154. The number of halogens is 1. The van der Waals surface area contributed by atoms with Gasteiger partial charge < -0.3 is 10.2 Å². The Bertz CT molecular complexity index is 408. The van der Waals surface area contributed by atoms with Gasteiger partial charge in [0.1, 0.15) is 0 Å². The number of nitrogens with one attached hydrogen (secondary N) is 1. The van der Waals surface area contributed by atoms with Gasteiger partial charge in [-0.1, -0.05) is 35.9 Å². The monoisotopic (exact) mass is 266 g/mol. The summed E-state index contributed by atoms with van der Waals surface area (Å²) in [5.74, 6) is 0. The van der Waals surface area contributed by atoms with E-state index in [9.17, 15) is 0 Å². The van der Waals surface area contributed by atoms with Crippen LogP contribution in [0.4, 0.5) is 5.69 Å². The summed E-state index contributed by atoms with van der Waals surface area (Å²) in [5, 5.41) is 4.36. The molecule has 0 aliphatic rings. The average Bonchev–Trinajstić information content (AvgIpc) is 2.32. The van der Waals surface area contributed by atoms with Crippen molar-refractivity contribution in [2.75, 3.05) is 18.4 Å². The van der Waals surface area contributed by atoms with Crippen molar-refractivity contribution in [3.05, 3.63) is 54.6 Å². The molecule has 17 heavy (non-hydrogen) atoms. The smallest absolute Gasteiger partial charge is 0.174 e. The first-order valence-corrected chi connectivity index (χ1v) is 6.00. The van der Waals surface area contributed by atoms with Gasteiger partial charge in [0, 0.05) is 13.1 Å². The topological polar surface area (TPSA) is 15.3 Å². The van der Waals surface area contributed by atoms with Crippen molar-refractivity contribution in [2.24, 2.45) is 0 Å². The number of benzene rings is 1. The van der Waals surface area contributed by atoms with Crippen LogP contribution in [0.1, 0.15) is 0 Å². The molecule has 0 atom stereocenters. The second-order valence-electron chi connectivity index (χ2n) is 3.39. The highest BCUT2D eigenvalue weighted by Crippen LogP contribution is 2.20. The van der Waals surface area contributed by atoms with Gasteiger partial charge in [-0.15, -0.1) is 13.2 Å². The van der Waals surface area contributed by atoms with Crippen LogP contribution in [0.2, 0.25) is 5.02 Å². The van der Waals surface area contributed by atoms with Gasteiger partial charge in [-0.25, -0.2) is 0 Å². The quantitative estimate of drug-likeness (QED) is 0.646. The normalized spacial score (nSPS) is 9.47. The van der Waals surface area contributed by atoms with Gasteiger partial charge >= 0.3 is 0 Å². The minimum atomic E-state index is 0.609. The zero-order chi connectivity index (χ0) is 12.7. The molecule has 0 fully saturated rings. The molecule has 0 unspecified atom stereocenters. The number of hydrogen-bond acceptors (Lipinski definition) is 1. The van der Waals surface area contributed by atoms with Gasteiger partial charge in [-0.2, -0.15) is 0 Å². The summed E-state index contributed by atoms with van der Waals surface area (Å²) in [6, 6.07) is 7.48. The molecule has 2 nitrogen and oxygen atoms in total. The predicted octanol–water partition coefficient (Wildman–Crippen LogP) is 3.71. The predicted molar refractivity (Wildman–Crippen MR) is 79.6 cm³/mol. The Labute approximate surface area is 113 Å². The molecule has 1 N–H and O–H groups in total. The highest BCUT2D eigenvalue weighted by molar-refractivity contribution is 7.80. The number of anilines is 1. The summed E-state index contributed by atoms with van der Waals surface area (Å²) >= 11 is 11.4. The van der Waals surface area contributed by atoms with E-state index < -0.39 is 0 Å². The summed E-state index contributed by atoms with van der Waals surface area (Å²) in [4.78, 5) is 1.94. The fourth-order valence-electron chi connectivity index (χ4n) is 1.31. The Morgan fingerprint density at radius 3 is 2.41 bits per heavy atom. The van der Waals surface area contributed by atoms with Gasteiger partial charge in [0.25, 0.3) is 0 Å².